The fourth-order valence-corrected chi connectivity index (χ4v) is 1.67. The zero-order valence-electron chi connectivity index (χ0n) is 10.1. The normalized spacial score (nSPS) is 9.95. The molecule has 2 aromatic rings. The maximum atomic E-state index is 11.6. The molecule has 0 aliphatic rings. The maximum Gasteiger partial charge on any atom is 0.328 e. The van der Waals surface area contributed by atoms with Gasteiger partial charge in [-0.1, -0.05) is 12.1 Å². The van der Waals surface area contributed by atoms with Crippen molar-refractivity contribution in [1.82, 2.24) is 9.55 Å². The second kappa shape index (κ2) is 5.19. The third-order valence-electron chi connectivity index (χ3n) is 2.61. The molecular formula is C12H8N4O4. The highest BCUT2D eigenvalue weighted by molar-refractivity contribution is 5.34. The third-order valence-corrected chi connectivity index (χ3v) is 2.61. The van der Waals surface area contributed by atoms with Crippen LogP contribution in [0.3, 0.4) is 0 Å². The van der Waals surface area contributed by atoms with Gasteiger partial charge in [0.05, 0.1) is 11.5 Å². The summed E-state index contributed by atoms with van der Waals surface area (Å²) in [5, 5.41) is 19.4. The van der Waals surface area contributed by atoms with E-state index in [0.29, 0.717) is 5.56 Å². The average Bonchev–Trinajstić information content (AvgIpc) is 2.42. The van der Waals surface area contributed by atoms with Crippen LogP contribution in [-0.2, 0) is 6.54 Å². The highest BCUT2D eigenvalue weighted by atomic mass is 16.6. The monoisotopic (exact) mass is 272 g/mol. The molecule has 0 aliphatic carbocycles. The van der Waals surface area contributed by atoms with E-state index in [-0.39, 0.29) is 17.8 Å². The Kier molecular flexibility index (Phi) is 3.43. The topological polar surface area (TPSA) is 122 Å². The van der Waals surface area contributed by atoms with Crippen molar-refractivity contribution in [3.8, 4) is 6.07 Å². The van der Waals surface area contributed by atoms with Crippen LogP contribution >= 0.6 is 0 Å². The predicted octanol–water partition coefficient (Wildman–Crippen LogP) is 0.365. The molecule has 8 heteroatoms. The van der Waals surface area contributed by atoms with E-state index in [1.54, 1.807) is 12.1 Å². The smallest absolute Gasteiger partial charge is 0.295 e. The van der Waals surface area contributed by atoms with E-state index in [4.69, 9.17) is 5.26 Å². The number of H-pyrrole nitrogens is 1. The van der Waals surface area contributed by atoms with Gasteiger partial charge >= 0.3 is 5.69 Å². The van der Waals surface area contributed by atoms with Gasteiger partial charge in [0, 0.05) is 18.3 Å². The summed E-state index contributed by atoms with van der Waals surface area (Å²) in [7, 11) is 0. The molecule has 1 aromatic heterocycles. The molecular weight excluding hydrogens is 264 g/mol. The Morgan fingerprint density at radius 3 is 2.80 bits per heavy atom. The van der Waals surface area contributed by atoms with Crippen LogP contribution in [0, 0.1) is 21.4 Å². The molecule has 1 N–H and O–H groups in total. The van der Waals surface area contributed by atoms with Crippen molar-refractivity contribution in [2.24, 2.45) is 0 Å². The minimum absolute atomic E-state index is 0.0198. The van der Waals surface area contributed by atoms with Crippen molar-refractivity contribution >= 4 is 5.69 Å². The van der Waals surface area contributed by atoms with Crippen molar-refractivity contribution in [2.45, 2.75) is 6.54 Å². The molecule has 0 saturated carbocycles. The Morgan fingerprint density at radius 1 is 1.40 bits per heavy atom. The Morgan fingerprint density at radius 2 is 2.15 bits per heavy atom. The zero-order valence-corrected chi connectivity index (χ0v) is 10.1. The van der Waals surface area contributed by atoms with Crippen LogP contribution in [0.25, 0.3) is 0 Å². The fourth-order valence-electron chi connectivity index (χ4n) is 1.67. The molecule has 0 saturated heterocycles. The summed E-state index contributed by atoms with van der Waals surface area (Å²) in [6.45, 7) is 0.0198. The van der Waals surface area contributed by atoms with Gasteiger partial charge < -0.3 is 0 Å². The van der Waals surface area contributed by atoms with Crippen LogP contribution in [0.2, 0.25) is 0 Å². The molecule has 0 spiro atoms. The summed E-state index contributed by atoms with van der Waals surface area (Å²) in [6.07, 6.45) is 1.12. The number of aromatic amines is 1. The lowest BCUT2D eigenvalue weighted by molar-refractivity contribution is -0.384. The highest BCUT2D eigenvalue weighted by Gasteiger charge is 2.08. The van der Waals surface area contributed by atoms with Crippen molar-refractivity contribution in [1.29, 1.82) is 5.26 Å². The summed E-state index contributed by atoms with van der Waals surface area (Å²) in [5.74, 6) is 0. The number of non-ortho nitro benzene ring substituents is 1. The minimum Gasteiger partial charge on any atom is -0.295 e. The van der Waals surface area contributed by atoms with Gasteiger partial charge in [-0.25, -0.2) is 4.79 Å². The Balaban J connectivity index is 2.43. The van der Waals surface area contributed by atoms with E-state index in [9.17, 15) is 19.7 Å². The number of nitrogens with one attached hydrogen (secondary N) is 1. The van der Waals surface area contributed by atoms with Gasteiger partial charge in [-0.15, -0.1) is 0 Å². The largest absolute Gasteiger partial charge is 0.328 e. The Bertz CT molecular complexity index is 828. The van der Waals surface area contributed by atoms with Crippen molar-refractivity contribution < 1.29 is 4.92 Å². The molecule has 20 heavy (non-hydrogen) atoms. The Labute approximate surface area is 111 Å². The molecule has 8 nitrogen and oxygen atoms in total. The van der Waals surface area contributed by atoms with E-state index in [1.165, 1.54) is 18.2 Å². The van der Waals surface area contributed by atoms with Gasteiger partial charge in [-0.2, -0.15) is 5.26 Å². The molecule has 0 amide bonds. The molecule has 0 bridgehead atoms. The molecule has 0 atom stereocenters. The fraction of sp³-hybridized carbons (Fsp3) is 0.0833. The van der Waals surface area contributed by atoms with Crippen molar-refractivity contribution in [3.63, 3.8) is 0 Å². The summed E-state index contributed by atoms with van der Waals surface area (Å²) in [6, 6.07) is 7.43. The number of nitro groups is 1. The van der Waals surface area contributed by atoms with E-state index in [2.05, 4.69) is 0 Å². The van der Waals surface area contributed by atoms with Gasteiger partial charge in [0.1, 0.15) is 11.6 Å². The molecule has 100 valence electrons. The lowest BCUT2D eigenvalue weighted by Crippen LogP contribution is -2.31. The second-order valence-corrected chi connectivity index (χ2v) is 3.97. The molecule has 1 heterocycles. The number of nitro benzene ring substituents is 1. The van der Waals surface area contributed by atoms with Gasteiger partial charge in [-0.3, -0.25) is 24.5 Å². The standard InChI is InChI=1S/C12H8N4O4/c13-5-9-7-15(12(18)14-11(9)17)6-8-2-1-3-10(4-8)16(19)20/h1-4,7H,6H2,(H,14,17,18). The first kappa shape index (κ1) is 13.2. The van der Waals surface area contributed by atoms with Crippen LogP contribution < -0.4 is 11.2 Å². The van der Waals surface area contributed by atoms with Crippen LogP contribution in [0.4, 0.5) is 5.69 Å². The van der Waals surface area contributed by atoms with Crippen LogP contribution in [0.1, 0.15) is 11.1 Å². The van der Waals surface area contributed by atoms with Gasteiger partial charge in [0.2, 0.25) is 0 Å². The number of rotatable bonds is 3. The number of nitrogens with zero attached hydrogens (tertiary/aromatic N) is 3. The Hall–Kier alpha value is -3.21. The predicted molar refractivity (Wildman–Crippen MR) is 68.2 cm³/mol. The summed E-state index contributed by atoms with van der Waals surface area (Å²) in [4.78, 5) is 35.0. The quantitative estimate of drug-likeness (QED) is 0.638. The summed E-state index contributed by atoms with van der Waals surface area (Å²) < 4.78 is 1.11. The molecule has 0 radical (unpaired) electrons. The minimum atomic E-state index is -0.757. The summed E-state index contributed by atoms with van der Waals surface area (Å²) >= 11 is 0. The first-order valence-electron chi connectivity index (χ1n) is 5.48. The van der Waals surface area contributed by atoms with E-state index >= 15 is 0 Å². The maximum absolute atomic E-state index is 11.6. The van der Waals surface area contributed by atoms with Crippen LogP contribution in [0.5, 0.6) is 0 Å². The number of aromatic nitrogens is 2. The highest BCUT2D eigenvalue weighted by Crippen LogP contribution is 2.13. The lowest BCUT2D eigenvalue weighted by Gasteiger charge is -2.05. The van der Waals surface area contributed by atoms with Crippen molar-refractivity contribution in [3.05, 3.63) is 72.5 Å². The first-order chi connectivity index (χ1) is 9.51. The van der Waals surface area contributed by atoms with Crippen LogP contribution in [0.15, 0.2) is 40.1 Å². The zero-order chi connectivity index (χ0) is 14.7. The van der Waals surface area contributed by atoms with Gasteiger partial charge in [-0.05, 0) is 5.56 Å². The summed E-state index contributed by atoms with van der Waals surface area (Å²) in [5.41, 5.74) is -1.22. The molecule has 0 fully saturated rings. The van der Waals surface area contributed by atoms with Crippen molar-refractivity contribution in [2.75, 3.05) is 0 Å². The lowest BCUT2D eigenvalue weighted by atomic mass is 10.2. The number of hydrogen-bond acceptors (Lipinski definition) is 5. The van der Waals surface area contributed by atoms with E-state index < -0.39 is 16.2 Å². The van der Waals surface area contributed by atoms with E-state index in [0.717, 1.165) is 10.8 Å². The molecule has 1 aromatic carbocycles. The van der Waals surface area contributed by atoms with Crippen LogP contribution in [-0.4, -0.2) is 14.5 Å². The SMILES string of the molecule is N#Cc1cn(Cc2cccc([N+](=O)[O-])c2)c(=O)[nH]c1=O. The third kappa shape index (κ3) is 2.62. The number of hydrogen-bond donors (Lipinski definition) is 1. The number of benzene rings is 1. The average molecular weight is 272 g/mol. The number of nitriles is 1. The molecule has 0 unspecified atom stereocenters. The van der Waals surface area contributed by atoms with E-state index in [1.807, 2.05) is 4.98 Å². The molecule has 0 aliphatic heterocycles. The second-order valence-electron chi connectivity index (χ2n) is 3.97. The van der Waals surface area contributed by atoms with Gasteiger partial charge in [0.25, 0.3) is 11.2 Å². The van der Waals surface area contributed by atoms with Gasteiger partial charge in [0.15, 0.2) is 0 Å². The first-order valence-corrected chi connectivity index (χ1v) is 5.48. The molecule has 2 rings (SSSR count).